The molecule has 1 aromatic carbocycles. The second kappa shape index (κ2) is 6.00. The molecule has 120 valence electrons. The highest BCUT2D eigenvalue weighted by Crippen LogP contribution is 2.20. The topological polar surface area (TPSA) is 63.5 Å². The first-order valence-corrected chi connectivity index (χ1v) is 9.09. The zero-order valence-corrected chi connectivity index (χ0v) is 13.3. The number of anilines is 1. The van der Waals surface area contributed by atoms with Crippen molar-refractivity contribution in [2.24, 2.45) is 0 Å². The maximum atomic E-state index is 13.4. The molecule has 0 aliphatic rings. The van der Waals surface area contributed by atoms with Crippen molar-refractivity contribution in [3.8, 4) is 0 Å². The predicted molar refractivity (Wildman–Crippen MR) is 87.5 cm³/mol. The summed E-state index contributed by atoms with van der Waals surface area (Å²) in [5, 5.41) is 3.13. The first-order chi connectivity index (χ1) is 10.9. The molecule has 0 amide bonds. The number of rotatable bonds is 5. The molecule has 0 saturated heterocycles. The number of hydrogen-bond acceptors (Lipinski definition) is 4. The zero-order chi connectivity index (χ0) is 16.4. The van der Waals surface area contributed by atoms with Crippen LogP contribution in [0.1, 0.15) is 11.3 Å². The number of imidazole rings is 1. The molecule has 2 aromatic heterocycles. The van der Waals surface area contributed by atoms with Gasteiger partial charge in [0.2, 0.25) is 0 Å². The van der Waals surface area contributed by atoms with Crippen LogP contribution in [0, 0.1) is 5.82 Å². The van der Waals surface area contributed by atoms with E-state index in [2.05, 4.69) is 10.3 Å². The van der Waals surface area contributed by atoms with E-state index < -0.39 is 15.7 Å². The van der Waals surface area contributed by atoms with Crippen LogP contribution in [0.4, 0.5) is 10.1 Å². The number of nitrogens with one attached hydrogen (secondary N) is 1. The molecule has 0 spiro atoms. The second-order valence-electron chi connectivity index (χ2n) is 5.42. The van der Waals surface area contributed by atoms with Gasteiger partial charge in [-0.3, -0.25) is 0 Å². The van der Waals surface area contributed by atoms with Gasteiger partial charge in [0.05, 0.1) is 18.0 Å². The smallest absolute Gasteiger partial charge is 0.151 e. The summed E-state index contributed by atoms with van der Waals surface area (Å²) in [7, 11) is -3.25. The van der Waals surface area contributed by atoms with E-state index in [9.17, 15) is 12.8 Å². The molecule has 3 aromatic rings. The van der Waals surface area contributed by atoms with Crippen LogP contribution in [0.2, 0.25) is 0 Å². The third-order valence-electron chi connectivity index (χ3n) is 3.36. The van der Waals surface area contributed by atoms with Gasteiger partial charge in [-0.2, -0.15) is 0 Å². The van der Waals surface area contributed by atoms with Crippen molar-refractivity contribution in [3.05, 3.63) is 65.9 Å². The molecule has 2 heterocycles. The fourth-order valence-corrected chi connectivity index (χ4v) is 3.20. The Morgan fingerprint density at radius 2 is 2.09 bits per heavy atom. The lowest BCUT2D eigenvalue weighted by molar-refractivity contribution is 0.600. The molecule has 0 radical (unpaired) electrons. The van der Waals surface area contributed by atoms with Gasteiger partial charge < -0.3 is 9.72 Å². The highest BCUT2D eigenvalue weighted by molar-refractivity contribution is 7.89. The number of hydrogen-bond donors (Lipinski definition) is 1. The molecule has 23 heavy (non-hydrogen) atoms. The van der Waals surface area contributed by atoms with Crippen molar-refractivity contribution in [1.82, 2.24) is 9.38 Å². The van der Waals surface area contributed by atoms with Gasteiger partial charge in [-0.05, 0) is 35.9 Å². The lowest BCUT2D eigenvalue weighted by atomic mass is 10.2. The van der Waals surface area contributed by atoms with Crippen molar-refractivity contribution in [1.29, 1.82) is 0 Å². The quantitative estimate of drug-likeness (QED) is 0.780. The van der Waals surface area contributed by atoms with Gasteiger partial charge in [-0.15, -0.1) is 0 Å². The fraction of sp³-hybridized carbons (Fsp3) is 0.188. The van der Waals surface area contributed by atoms with Gasteiger partial charge in [-0.1, -0.05) is 6.07 Å². The van der Waals surface area contributed by atoms with Gasteiger partial charge in [-0.25, -0.2) is 17.8 Å². The summed E-state index contributed by atoms with van der Waals surface area (Å²) < 4.78 is 38.3. The van der Waals surface area contributed by atoms with Crippen LogP contribution in [-0.2, 0) is 22.1 Å². The van der Waals surface area contributed by atoms with Crippen LogP contribution >= 0.6 is 0 Å². The maximum Gasteiger partial charge on any atom is 0.151 e. The monoisotopic (exact) mass is 333 g/mol. The van der Waals surface area contributed by atoms with Crippen LogP contribution in [0.5, 0.6) is 0 Å². The average Bonchev–Trinajstić information content (AvgIpc) is 2.87. The summed E-state index contributed by atoms with van der Waals surface area (Å²) >= 11 is 0. The van der Waals surface area contributed by atoms with Crippen LogP contribution in [0.3, 0.4) is 0 Å². The van der Waals surface area contributed by atoms with Crippen molar-refractivity contribution in [2.75, 3.05) is 11.6 Å². The van der Waals surface area contributed by atoms with Gasteiger partial charge in [0, 0.05) is 24.3 Å². The molecule has 1 N–H and O–H groups in total. The number of fused-ring (bicyclic) bond motifs is 1. The minimum absolute atomic E-state index is 0.210. The van der Waals surface area contributed by atoms with E-state index >= 15 is 0 Å². The van der Waals surface area contributed by atoms with Crippen molar-refractivity contribution >= 4 is 21.2 Å². The normalized spacial score (nSPS) is 11.7. The third-order valence-corrected chi connectivity index (χ3v) is 4.19. The lowest BCUT2D eigenvalue weighted by Gasteiger charge is -2.10. The molecule has 0 saturated carbocycles. The third kappa shape index (κ3) is 3.87. The fourth-order valence-electron chi connectivity index (χ4n) is 2.39. The van der Waals surface area contributed by atoms with E-state index in [1.165, 1.54) is 12.1 Å². The maximum absolute atomic E-state index is 13.4. The summed E-state index contributed by atoms with van der Waals surface area (Å²) in [4.78, 5) is 4.46. The minimum atomic E-state index is -3.25. The van der Waals surface area contributed by atoms with Crippen LogP contribution in [0.25, 0.3) is 5.65 Å². The molecule has 5 nitrogen and oxygen atoms in total. The van der Waals surface area contributed by atoms with E-state index in [-0.39, 0.29) is 5.75 Å². The number of aromatic nitrogens is 2. The van der Waals surface area contributed by atoms with Gasteiger partial charge in [0.25, 0.3) is 0 Å². The summed E-state index contributed by atoms with van der Waals surface area (Å²) in [5.41, 5.74) is 2.65. The molecule has 0 fully saturated rings. The van der Waals surface area contributed by atoms with Crippen LogP contribution in [-0.4, -0.2) is 24.1 Å². The van der Waals surface area contributed by atoms with E-state index in [1.54, 1.807) is 6.07 Å². The first-order valence-electron chi connectivity index (χ1n) is 7.03. The molecule has 7 heteroatoms. The summed E-state index contributed by atoms with van der Waals surface area (Å²) in [6.07, 6.45) is 4.92. The highest BCUT2D eigenvalue weighted by atomic mass is 32.2. The highest BCUT2D eigenvalue weighted by Gasteiger charge is 2.11. The molecular formula is C16H16FN3O2S. The van der Waals surface area contributed by atoms with Gasteiger partial charge in [0.15, 0.2) is 9.84 Å². The molecule has 3 rings (SSSR count). The van der Waals surface area contributed by atoms with Crippen molar-refractivity contribution < 1.29 is 12.8 Å². The van der Waals surface area contributed by atoms with E-state index in [1.807, 2.05) is 35.0 Å². The Kier molecular flexibility index (Phi) is 4.04. The molecule has 0 aliphatic carbocycles. The average molecular weight is 333 g/mol. The SMILES string of the molecule is CS(=O)(=O)Cc1cc(F)ccc1NCc1cn2ccccc2n1. The van der Waals surface area contributed by atoms with E-state index in [4.69, 9.17) is 0 Å². The number of pyridine rings is 1. The second-order valence-corrected chi connectivity index (χ2v) is 7.56. The Hall–Kier alpha value is -2.41. The lowest BCUT2D eigenvalue weighted by Crippen LogP contribution is -2.07. The largest absolute Gasteiger partial charge is 0.379 e. The van der Waals surface area contributed by atoms with E-state index in [0.29, 0.717) is 17.8 Å². The molecule has 0 atom stereocenters. The minimum Gasteiger partial charge on any atom is -0.379 e. The summed E-state index contributed by atoms with van der Waals surface area (Å²) in [5.74, 6) is -0.667. The van der Waals surface area contributed by atoms with E-state index in [0.717, 1.165) is 17.6 Å². The standard InChI is InChI=1S/C16H16FN3O2S/c1-23(21,22)11-12-8-13(17)5-6-15(12)18-9-14-10-20-7-3-2-4-16(20)19-14/h2-8,10,18H,9,11H2,1H3. The molecule has 0 bridgehead atoms. The zero-order valence-electron chi connectivity index (χ0n) is 12.5. The Balaban J connectivity index is 1.82. The van der Waals surface area contributed by atoms with Crippen LogP contribution < -0.4 is 5.32 Å². The number of benzene rings is 1. The number of sulfone groups is 1. The Labute approximate surface area is 133 Å². The van der Waals surface area contributed by atoms with Gasteiger partial charge in [0.1, 0.15) is 11.5 Å². The van der Waals surface area contributed by atoms with Crippen LogP contribution in [0.15, 0.2) is 48.8 Å². The molecule has 0 unspecified atom stereocenters. The first kappa shape index (κ1) is 15.5. The van der Waals surface area contributed by atoms with Gasteiger partial charge >= 0.3 is 0 Å². The Morgan fingerprint density at radius 3 is 2.83 bits per heavy atom. The molecule has 0 aliphatic heterocycles. The summed E-state index contributed by atoms with van der Waals surface area (Å²) in [6, 6.07) is 9.81. The number of halogens is 1. The van der Waals surface area contributed by atoms with Crippen molar-refractivity contribution in [2.45, 2.75) is 12.3 Å². The Bertz CT molecular complexity index is 918. The Morgan fingerprint density at radius 1 is 1.26 bits per heavy atom. The van der Waals surface area contributed by atoms with Crippen molar-refractivity contribution in [3.63, 3.8) is 0 Å². The summed E-state index contributed by atoms with van der Waals surface area (Å²) in [6.45, 7) is 0.421. The molecular weight excluding hydrogens is 317 g/mol. The number of nitrogens with zero attached hydrogens (tertiary/aromatic N) is 2. The predicted octanol–water partition coefficient (Wildman–Crippen LogP) is 2.63.